The van der Waals surface area contributed by atoms with Crippen molar-refractivity contribution >= 4 is 11.8 Å². The predicted molar refractivity (Wildman–Crippen MR) is 77.2 cm³/mol. The van der Waals surface area contributed by atoms with Gasteiger partial charge in [0.2, 0.25) is 0 Å². The standard InChI is InChI=1S/C17H18O3/c18-15(13-12-14-6-2-1-3-7-14)8-4-9-16-10-5-11-17(19)20-16/h1-8,11,16H,9-10,12-13H2/t16-/m1/s1. The summed E-state index contributed by atoms with van der Waals surface area (Å²) in [6.45, 7) is 0. The largest absolute Gasteiger partial charge is 0.459 e. The minimum Gasteiger partial charge on any atom is -0.459 e. The number of ketones is 1. The van der Waals surface area contributed by atoms with E-state index in [4.69, 9.17) is 4.74 Å². The molecular formula is C17H18O3. The lowest BCUT2D eigenvalue weighted by molar-refractivity contribution is -0.143. The Bertz CT molecular complexity index is 514. The van der Waals surface area contributed by atoms with Crippen LogP contribution in [0.25, 0.3) is 0 Å². The van der Waals surface area contributed by atoms with Crippen LogP contribution in [-0.2, 0) is 20.7 Å². The normalized spacial score (nSPS) is 18.2. The van der Waals surface area contributed by atoms with Crippen molar-refractivity contribution in [1.29, 1.82) is 0 Å². The summed E-state index contributed by atoms with van der Waals surface area (Å²) in [5, 5.41) is 0. The van der Waals surface area contributed by atoms with E-state index >= 15 is 0 Å². The van der Waals surface area contributed by atoms with Crippen LogP contribution in [0.2, 0.25) is 0 Å². The van der Waals surface area contributed by atoms with Gasteiger partial charge in [0.15, 0.2) is 5.78 Å². The number of ether oxygens (including phenoxy) is 1. The number of rotatable bonds is 6. The second-order valence-corrected chi connectivity index (χ2v) is 4.79. The molecule has 104 valence electrons. The average Bonchev–Trinajstić information content (AvgIpc) is 2.46. The van der Waals surface area contributed by atoms with Gasteiger partial charge >= 0.3 is 5.97 Å². The first-order chi connectivity index (χ1) is 9.74. The zero-order valence-electron chi connectivity index (χ0n) is 11.3. The van der Waals surface area contributed by atoms with E-state index in [1.54, 1.807) is 12.2 Å². The summed E-state index contributed by atoms with van der Waals surface area (Å²) in [6.07, 6.45) is 9.06. The van der Waals surface area contributed by atoms with Gasteiger partial charge in [0.05, 0.1) is 0 Å². The van der Waals surface area contributed by atoms with Crippen molar-refractivity contribution in [2.24, 2.45) is 0 Å². The Balaban J connectivity index is 1.70. The van der Waals surface area contributed by atoms with E-state index in [-0.39, 0.29) is 17.9 Å². The van der Waals surface area contributed by atoms with Crippen molar-refractivity contribution in [3.05, 3.63) is 60.2 Å². The number of carbonyl (C=O) groups is 2. The molecule has 3 heteroatoms. The zero-order chi connectivity index (χ0) is 14.2. The van der Waals surface area contributed by atoms with Gasteiger partial charge in [-0.05, 0) is 18.1 Å². The molecule has 0 spiro atoms. The lowest BCUT2D eigenvalue weighted by atomic mass is 10.1. The molecule has 0 radical (unpaired) electrons. The highest BCUT2D eigenvalue weighted by Crippen LogP contribution is 2.11. The van der Waals surface area contributed by atoms with Gasteiger partial charge in [-0.2, -0.15) is 0 Å². The van der Waals surface area contributed by atoms with Crippen molar-refractivity contribution in [3.63, 3.8) is 0 Å². The Kier molecular flexibility index (Phi) is 5.30. The first kappa shape index (κ1) is 14.3. The molecule has 0 N–H and O–H groups in total. The molecule has 0 saturated carbocycles. The molecule has 2 rings (SSSR count). The highest BCUT2D eigenvalue weighted by Gasteiger charge is 2.13. The van der Waals surface area contributed by atoms with Gasteiger partial charge in [0.25, 0.3) is 0 Å². The summed E-state index contributed by atoms with van der Waals surface area (Å²) in [5.74, 6) is -0.198. The third-order valence-electron chi connectivity index (χ3n) is 3.14. The lowest BCUT2D eigenvalue weighted by Gasteiger charge is -2.16. The number of hydrogen-bond acceptors (Lipinski definition) is 3. The van der Waals surface area contributed by atoms with Crippen LogP contribution in [0, 0.1) is 0 Å². The summed E-state index contributed by atoms with van der Waals surface area (Å²) in [6, 6.07) is 9.95. The molecule has 3 nitrogen and oxygen atoms in total. The fourth-order valence-electron chi connectivity index (χ4n) is 2.06. The summed E-state index contributed by atoms with van der Waals surface area (Å²) in [7, 11) is 0. The Morgan fingerprint density at radius 1 is 1.30 bits per heavy atom. The number of cyclic esters (lactones) is 1. The summed E-state index contributed by atoms with van der Waals surface area (Å²) in [4.78, 5) is 22.7. The Morgan fingerprint density at radius 3 is 2.85 bits per heavy atom. The predicted octanol–water partition coefficient (Wildman–Crippen LogP) is 3.01. The van der Waals surface area contributed by atoms with E-state index in [2.05, 4.69) is 0 Å². The first-order valence-electron chi connectivity index (χ1n) is 6.84. The SMILES string of the molecule is O=C(C=CC[C@@H]1CC=CC(=O)O1)CCc1ccccc1. The van der Waals surface area contributed by atoms with E-state index in [9.17, 15) is 9.59 Å². The maximum Gasteiger partial charge on any atom is 0.330 e. The zero-order valence-corrected chi connectivity index (χ0v) is 11.3. The van der Waals surface area contributed by atoms with Crippen LogP contribution in [0.5, 0.6) is 0 Å². The molecule has 1 aliphatic rings. The maximum atomic E-state index is 11.7. The topological polar surface area (TPSA) is 43.4 Å². The highest BCUT2D eigenvalue weighted by atomic mass is 16.5. The summed E-state index contributed by atoms with van der Waals surface area (Å²) in [5.41, 5.74) is 1.17. The minimum atomic E-state index is -0.301. The van der Waals surface area contributed by atoms with Gasteiger partial charge in [-0.3, -0.25) is 4.79 Å². The quantitative estimate of drug-likeness (QED) is 0.589. The van der Waals surface area contributed by atoms with Crippen molar-refractivity contribution in [2.45, 2.75) is 31.8 Å². The molecule has 20 heavy (non-hydrogen) atoms. The van der Waals surface area contributed by atoms with Crippen molar-refractivity contribution in [2.75, 3.05) is 0 Å². The van der Waals surface area contributed by atoms with Crippen LogP contribution < -0.4 is 0 Å². The molecule has 0 fully saturated rings. The maximum absolute atomic E-state index is 11.7. The third-order valence-corrected chi connectivity index (χ3v) is 3.14. The van der Waals surface area contributed by atoms with Crippen LogP contribution in [0.15, 0.2) is 54.6 Å². The number of esters is 1. The molecule has 0 unspecified atom stereocenters. The summed E-state index contributed by atoms with van der Waals surface area (Å²) < 4.78 is 5.11. The molecule has 1 aromatic carbocycles. The van der Waals surface area contributed by atoms with E-state index < -0.39 is 0 Å². The van der Waals surface area contributed by atoms with Gasteiger partial charge < -0.3 is 4.74 Å². The second-order valence-electron chi connectivity index (χ2n) is 4.79. The number of hydrogen-bond donors (Lipinski definition) is 0. The van der Waals surface area contributed by atoms with Crippen LogP contribution in [0.1, 0.15) is 24.8 Å². The molecule has 0 aromatic heterocycles. The Morgan fingerprint density at radius 2 is 2.10 bits per heavy atom. The van der Waals surface area contributed by atoms with E-state index in [0.717, 1.165) is 6.42 Å². The van der Waals surface area contributed by atoms with Gasteiger partial charge in [-0.15, -0.1) is 0 Å². The van der Waals surface area contributed by atoms with E-state index in [0.29, 0.717) is 19.3 Å². The summed E-state index contributed by atoms with van der Waals surface area (Å²) >= 11 is 0. The third kappa shape index (κ3) is 4.84. The molecule has 1 atom stereocenters. The van der Waals surface area contributed by atoms with Gasteiger partial charge in [0.1, 0.15) is 6.10 Å². The molecule has 1 heterocycles. The second kappa shape index (κ2) is 7.43. The molecule has 0 amide bonds. The van der Waals surface area contributed by atoms with Gasteiger partial charge in [-0.1, -0.05) is 42.5 Å². The number of allylic oxidation sites excluding steroid dienone is 1. The van der Waals surface area contributed by atoms with Crippen molar-refractivity contribution < 1.29 is 14.3 Å². The van der Waals surface area contributed by atoms with Crippen molar-refractivity contribution in [1.82, 2.24) is 0 Å². The van der Waals surface area contributed by atoms with Crippen molar-refractivity contribution in [3.8, 4) is 0 Å². The fraction of sp³-hybridized carbons (Fsp3) is 0.294. The number of aryl methyl sites for hydroxylation is 1. The molecule has 1 aromatic rings. The monoisotopic (exact) mass is 270 g/mol. The fourth-order valence-corrected chi connectivity index (χ4v) is 2.06. The Labute approximate surface area is 118 Å². The van der Waals surface area contributed by atoms with Crippen LogP contribution in [0.4, 0.5) is 0 Å². The number of benzene rings is 1. The Hall–Kier alpha value is -2.16. The molecule has 0 bridgehead atoms. The molecular weight excluding hydrogens is 252 g/mol. The van der Waals surface area contributed by atoms with E-state index in [1.165, 1.54) is 11.6 Å². The molecule has 1 aliphatic heterocycles. The van der Waals surface area contributed by atoms with E-state index in [1.807, 2.05) is 36.4 Å². The average molecular weight is 270 g/mol. The lowest BCUT2D eigenvalue weighted by Crippen LogP contribution is -2.19. The minimum absolute atomic E-state index is 0.103. The highest BCUT2D eigenvalue weighted by molar-refractivity contribution is 5.89. The number of carbonyl (C=O) groups excluding carboxylic acids is 2. The smallest absolute Gasteiger partial charge is 0.330 e. The van der Waals surface area contributed by atoms with Crippen LogP contribution >= 0.6 is 0 Å². The van der Waals surface area contributed by atoms with Crippen LogP contribution in [-0.4, -0.2) is 17.9 Å². The van der Waals surface area contributed by atoms with Gasteiger partial charge in [0, 0.05) is 25.3 Å². The first-order valence-corrected chi connectivity index (χ1v) is 6.84. The molecule has 0 saturated heterocycles. The molecule has 0 aliphatic carbocycles. The van der Waals surface area contributed by atoms with Crippen LogP contribution in [0.3, 0.4) is 0 Å². The van der Waals surface area contributed by atoms with Gasteiger partial charge in [-0.25, -0.2) is 4.79 Å².